The maximum Gasteiger partial charge on any atom is 2.00 e. The molecule has 0 heterocycles. The van der Waals surface area contributed by atoms with Crippen molar-refractivity contribution in [3.05, 3.63) is 116 Å². The van der Waals surface area contributed by atoms with E-state index < -0.39 is 0 Å². The van der Waals surface area contributed by atoms with Crippen molar-refractivity contribution < 1.29 is 26.2 Å². The van der Waals surface area contributed by atoms with Gasteiger partial charge in [-0.05, 0) is 101 Å². The number of aryl methyl sites for hydroxylation is 4. The second-order valence-corrected chi connectivity index (χ2v) is 22.4. The number of rotatable bonds is 10. The average molecular weight is 1130 g/mol. The monoisotopic (exact) mass is 1130 g/mol. The van der Waals surface area contributed by atoms with Crippen molar-refractivity contribution in [2.24, 2.45) is 10.8 Å². The van der Waals surface area contributed by atoms with Gasteiger partial charge in [-0.2, -0.15) is 34.7 Å². The Kier molecular flexibility index (Phi) is 18.8. The molecular weight excluding hydrogens is 1060 g/mol. The Morgan fingerprint density at radius 3 is 1.17 bits per heavy atom. The Balaban J connectivity index is 0.000000248. The molecule has 5 heteroatoms. The fourth-order valence-corrected chi connectivity index (χ4v) is 14.2. The van der Waals surface area contributed by atoms with Gasteiger partial charge in [0.25, 0.3) is 0 Å². The van der Waals surface area contributed by atoms with Crippen LogP contribution < -0.4 is 20.9 Å². The normalized spacial score (nSPS) is 21.8. The van der Waals surface area contributed by atoms with E-state index in [9.17, 15) is 0 Å². The zero-order chi connectivity index (χ0) is 39.6. The number of fused-ring (bicyclic) bond motifs is 2. The van der Waals surface area contributed by atoms with Gasteiger partial charge in [0.2, 0.25) is 0 Å². The molecule has 8 rings (SSSR count). The molecule has 2 fully saturated rings. The predicted molar refractivity (Wildman–Crippen MR) is 275 cm³/mol. The molecule has 4 aliphatic carbocycles. The summed E-state index contributed by atoms with van der Waals surface area (Å²) in [5.41, 5.74) is 11.8. The summed E-state index contributed by atoms with van der Waals surface area (Å²) in [6.07, 6.45) is 34.8. The topological polar surface area (TPSA) is 0 Å². The summed E-state index contributed by atoms with van der Waals surface area (Å²) in [6, 6.07) is 27.3. The summed E-state index contributed by atoms with van der Waals surface area (Å²) in [7, 11) is 0. The number of alkyl halides is 2. The van der Waals surface area contributed by atoms with Crippen LogP contribution in [0.2, 0.25) is 0 Å². The van der Waals surface area contributed by atoms with Gasteiger partial charge in [0, 0.05) is 6.84 Å². The first-order valence-corrected chi connectivity index (χ1v) is 24.1. The molecule has 0 bridgehead atoms. The maximum atomic E-state index is 3.91. The zero-order valence-electron chi connectivity index (χ0n) is 36.5. The van der Waals surface area contributed by atoms with Gasteiger partial charge in [-0.3, -0.25) is 0 Å². The second-order valence-electron chi connectivity index (χ2n) is 18.5. The summed E-state index contributed by atoms with van der Waals surface area (Å²) >= 11 is 5.39. The number of hydrogen-bond acceptors (Lipinski definition) is 0. The smallest absolute Gasteiger partial charge is 0.188 e. The maximum absolute atomic E-state index is 3.91. The van der Waals surface area contributed by atoms with Crippen LogP contribution >= 0.6 is 70.0 Å². The van der Waals surface area contributed by atoms with Crippen LogP contribution in [0.5, 0.6) is 0 Å². The molecule has 4 aromatic carbocycles. The Hall–Kier alpha value is -0.717. The van der Waals surface area contributed by atoms with Crippen molar-refractivity contribution in [2.45, 2.75) is 151 Å². The number of hydrogen-bond donors (Lipinski definition) is 0. The van der Waals surface area contributed by atoms with Gasteiger partial charge in [0.15, 0.2) is 0 Å². The first kappa shape index (κ1) is 50.9. The van der Waals surface area contributed by atoms with Crippen molar-refractivity contribution in [1.82, 2.24) is 0 Å². The average Bonchev–Trinajstić information content (AvgIpc) is 3.66. The van der Waals surface area contributed by atoms with Crippen LogP contribution in [0.4, 0.5) is 0 Å². The third-order valence-electron chi connectivity index (χ3n) is 13.4. The summed E-state index contributed by atoms with van der Waals surface area (Å²) in [6.45, 7) is 13.5. The van der Waals surface area contributed by atoms with Crippen LogP contribution in [0, 0.1) is 38.5 Å². The number of benzene rings is 4. The van der Waals surface area contributed by atoms with Gasteiger partial charge in [0.1, 0.15) is 0 Å². The molecule has 2 atom stereocenters. The Labute approximate surface area is 416 Å². The molecule has 0 aromatic heterocycles. The van der Waals surface area contributed by atoms with Crippen molar-refractivity contribution in [3.8, 4) is 22.3 Å². The van der Waals surface area contributed by atoms with Crippen LogP contribution in [0.3, 0.4) is 0 Å². The van der Waals surface area contributed by atoms with E-state index in [1.165, 1.54) is 168 Å². The van der Waals surface area contributed by atoms with Crippen LogP contribution in [0.1, 0.15) is 139 Å². The van der Waals surface area contributed by atoms with Gasteiger partial charge in [0.05, 0.1) is 0 Å². The Morgan fingerprint density at radius 2 is 0.847 bits per heavy atom. The molecule has 0 radical (unpaired) electrons. The Bertz CT molecular complexity index is 2090. The van der Waals surface area contributed by atoms with E-state index in [-0.39, 0.29) is 57.9 Å². The van der Waals surface area contributed by atoms with Crippen molar-refractivity contribution in [2.75, 3.05) is 0 Å². The molecule has 314 valence electrons. The third kappa shape index (κ3) is 12.3. The van der Waals surface area contributed by atoms with Crippen molar-refractivity contribution in [1.29, 1.82) is 0 Å². The molecule has 59 heavy (non-hydrogen) atoms. The molecule has 2 saturated carbocycles. The largest absolute Gasteiger partial charge is 2.00 e. The predicted octanol–water partition coefficient (Wildman–Crippen LogP) is 14.3. The van der Waals surface area contributed by atoms with E-state index in [1.807, 2.05) is 0 Å². The van der Waals surface area contributed by atoms with E-state index in [1.54, 1.807) is 0 Å². The first-order chi connectivity index (χ1) is 26.8. The van der Waals surface area contributed by atoms with E-state index in [2.05, 4.69) is 184 Å². The van der Waals surface area contributed by atoms with Crippen LogP contribution in [-0.4, -0.2) is 6.84 Å². The minimum atomic E-state index is 0. The van der Waals surface area contributed by atoms with Gasteiger partial charge < -0.3 is 0 Å². The van der Waals surface area contributed by atoms with E-state index in [0.29, 0.717) is 10.8 Å². The zero-order valence-corrected chi connectivity index (χ0v) is 44.9. The van der Waals surface area contributed by atoms with Crippen molar-refractivity contribution >= 4 is 94.3 Å². The fraction of sp³-hybridized carbons (Fsp3) is 0.481. The van der Waals surface area contributed by atoms with E-state index in [0.717, 1.165) is 0 Å². The van der Waals surface area contributed by atoms with Crippen LogP contribution in [0.15, 0.2) is 72.8 Å². The van der Waals surface area contributed by atoms with E-state index >= 15 is 0 Å². The minimum Gasteiger partial charge on any atom is -0.188 e. The summed E-state index contributed by atoms with van der Waals surface area (Å²) in [5, 5.41) is 5.38. The molecule has 0 aliphatic heterocycles. The molecule has 0 amide bonds. The first-order valence-electron chi connectivity index (χ1n) is 21.9. The summed E-state index contributed by atoms with van der Waals surface area (Å²) in [4.78, 5) is 0. The molecule has 0 spiro atoms. The molecule has 0 saturated heterocycles. The summed E-state index contributed by atoms with van der Waals surface area (Å²) < 4.78 is 0.0587. The van der Waals surface area contributed by atoms with E-state index in [4.69, 9.17) is 0 Å². The SMILES string of the molecule is CCCC1(CC2(I)[C-]=c3cccc(-c4cc(C)cc(C)c4)c3=C2)CCCCC1.CCCC1(CC2(I)[C-]=c3cccc(-c4cc(C)cc(C)c4)c3=C2)CCCCC1.Cl.Cl.[Zr+2]. The number of halogens is 4. The quantitative estimate of drug-likeness (QED) is 0.0843. The molecule has 0 nitrogen and oxygen atoms in total. The molecule has 4 aliphatic rings. The van der Waals surface area contributed by atoms with Gasteiger partial charge >= 0.3 is 26.2 Å². The summed E-state index contributed by atoms with van der Waals surface area (Å²) in [5.74, 6) is 0. The third-order valence-corrected chi connectivity index (χ3v) is 15.3. The molecule has 4 aromatic rings. The fourth-order valence-electron chi connectivity index (χ4n) is 11.4. The van der Waals surface area contributed by atoms with Gasteiger partial charge in [-0.25, -0.2) is 0 Å². The van der Waals surface area contributed by atoms with Gasteiger partial charge in [-0.15, -0.1) is 59.5 Å². The van der Waals surface area contributed by atoms with Crippen LogP contribution in [0.25, 0.3) is 46.6 Å². The molecule has 2 unspecified atom stereocenters. The van der Waals surface area contributed by atoms with Gasteiger partial charge in [-0.1, -0.05) is 192 Å². The van der Waals surface area contributed by atoms with Crippen molar-refractivity contribution in [3.63, 3.8) is 0 Å². The molecular formula is C54H66Cl2I2Zr. The van der Waals surface area contributed by atoms with Crippen LogP contribution in [-0.2, 0) is 26.2 Å². The standard InChI is InChI=1S/2C27H32I.2ClH.Zr/c2*1-4-11-26(12-6-5-7-13-26)19-27(28)17-22-9-8-10-24(25(22)18-27)23-15-20(2)14-21(3)16-23;;;/h2*8-10,14-16,18H,4-7,11-13,19H2,1-3H3;2*1H;/q2*-1;;;+2. The minimum absolute atomic E-state index is 0. The second kappa shape index (κ2) is 21.8. The Morgan fingerprint density at radius 1 is 0.508 bits per heavy atom. The molecule has 0 N–H and O–H groups in total.